The van der Waals surface area contributed by atoms with Gasteiger partial charge in [-0.05, 0) is 98.0 Å². The largest absolute Gasteiger partial charge is 0.382 e. The number of carbonyl (C=O) groups is 1. The first-order valence-electron chi connectivity index (χ1n) is 48.2. The van der Waals surface area contributed by atoms with Gasteiger partial charge in [-0.25, -0.2) is 74.8 Å². The van der Waals surface area contributed by atoms with E-state index in [1.807, 2.05) is 125 Å². The van der Waals surface area contributed by atoms with Crippen LogP contribution in [0.4, 0.5) is 99.9 Å². The number of rotatable bonds is 32. The van der Waals surface area contributed by atoms with Crippen molar-refractivity contribution in [3.63, 3.8) is 0 Å². The predicted molar refractivity (Wildman–Crippen MR) is 557 cm³/mol. The molecule has 6 N–H and O–H groups in total. The fourth-order valence-electron chi connectivity index (χ4n) is 16.9. The van der Waals surface area contributed by atoms with Gasteiger partial charge < -0.3 is 90.0 Å². The van der Waals surface area contributed by atoms with Crippen LogP contribution in [0.15, 0.2) is 221 Å². The monoisotopic (exact) mass is 2000 g/mol. The van der Waals surface area contributed by atoms with E-state index in [2.05, 4.69) is 257 Å². The lowest BCUT2D eigenvalue weighted by Crippen LogP contribution is -2.47. The second-order valence-corrected chi connectivity index (χ2v) is 40.3. The average molecular weight is 2000 g/mol. The van der Waals surface area contributed by atoms with Crippen LogP contribution in [0, 0.1) is 5.41 Å². The Morgan fingerprint density at radius 1 is 0.414 bits per heavy atom. The maximum Gasteiger partial charge on any atom is 0.232 e. The molecule has 0 spiro atoms. The molecule has 21 rings (SSSR count). The van der Waals surface area contributed by atoms with E-state index in [1.54, 1.807) is 54.2 Å². The van der Waals surface area contributed by atoms with Crippen LogP contribution in [-0.2, 0) is 57.7 Å². The topological polar surface area (TPSA) is 470 Å². The van der Waals surface area contributed by atoms with Crippen molar-refractivity contribution < 1.29 is 18.8 Å². The maximum absolute atomic E-state index is 12.2. The minimum Gasteiger partial charge on any atom is -0.382 e. The molecule has 1 amide bonds. The smallest absolute Gasteiger partial charge is 0.232 e. The Labute approximate surface area is 844 Å². The molecule has 145 heavy (non-hydrogen) atoms. The molecule has 0 bridgehead atoms. The number of amides is 1. The van der Waals surface area contributed by atoms with Gasteiger partial charge in [0, 0.05) is 216 Å². The standard InChI is InChI=1S/C26H33N11.C26H30N10O.C26H29N8OP.C20H25ClN12O2/c1-34(2)9-6-10-37-19-23(18-31-37)32-24-29-20-30-26(33-24)36-13-11-35(12-14-36)25-27-16-22(17-28-25)15-21-7-4-3-5-8-21;1-26(17-37-18-26)16-36-15-22(14-31-36)32-23-29-19-30-25(33-23)35-9-7-34(8-10-35)24-27-12-21(13-28-24)11-20-5-3-2-4-6-20;1-36(2,35)23-10-8-22(9-11-23)31-24-29-19-30-26(32-24)34-14-12-33(13-15-34)25-27-17-21(18-28-25)16-20-6-4-3-5-7-20;21-16-8-23-19(28-17(16)22)31-1-3-32(4-2-31)20-25-12-24-18(29-20)27-14-7-26-33(9-14)11-15-10-30(13-34)5-6-35-15/h3-5,7-8,16-20H,6,9-15H2,1-2H3,(H,29,30,32,33);2-6,12-15,19H,7-11,16-18H2,1H3,(H,29,30,32,33);3-11,17-19H,12-16H2,1-2H3,(H,29,30,31,32);7-9,12-13,15H,1-6,10-11H2,(H2,22,23,28)(H,24,25,27,29). The molecule has 45 nitrogen and oxygen atoms in total. The second kappa shape index (κ2) is 47.8. The van der Waals surface area contributed by atoms with Crippen molar-refractivity contribution in [1.82, 2.24) is 139 Å². The second-order valence-electron chi connectivity index (χ2n) is 36.7. The van der Waals surface area contributed by atoms with Crippen LogP contribution >= 0.6 is 18.7 Å². The molecule has 6 aliphatic rings. The number of anilines is 17. The number of nitrogens with two attached hydrogens (primary N) is 1. The summed E-state index contributed by atoms with van der Waals surface area (Å²) in [5.41, 5.74) is 16.3. The number of hydrogen-bond acceptors (Lipinski definition) is 41. The highest BCUT2D eigenvalue weighted by Crippen LogP contribution is 2.36. The van der Waals surface area contributed by atoms with E-state index < -0.39 is 7.14 Å². The van der Waals surface area contributed by atoms with Crippen LogP contribution in [-0.4, -0.2) is 323 Å². The number of nitrogens with zero attached hydrogens (tertiary/aromatic N) is 36. The minimum atomic E-state index is -2.28. The molecule has 1 atom stereocenters. The van der Waals surface area contributed by atoms with E-state index in [9.17, 15) is 9.36 Å². The Morgan fingerprint density at radius 2 is 0.759 bits per heavy atom. The Morgan fingerprint density at radius 3 is 1.12 bits per heavy atom. The van der Waals surface area contributed by atoms with Crippen LogP contribution in [0.3, 0.4) is 0 Å². The fourth-order valence-corrected chi connectivity index (χ4v) is 17.9. The number of nitrogen functional groups attached to an aromatic ring is 1. The van der Waals surface area contributed by atoms with Crippen LogP contribution in [0.25, 0.3) is 0 Å². The summed E-state index contributed by atoms with van der Waals surface area (Å²) < 4.78 is 28.9. The van der Waals surface area contributed by atoms with Gasteiger partial charge in [-0.3, -0.25) is 18.8 Å². The Balaban J connectivity index is 0.000000127. The van der Waals surface area contributed by atoms with Gasteiger partial charge in [0.1, 0.15) is 43.3 Å². The van der Waals surface area contributed by atoms with E-state index in [0.717, 1.165) is 206 Å². The van der Waals surface area contributed by atoms with E-state index in [0.29, 0.717) is 111 Å². The highest BCUT2D eigenvalue weighted by atomic mass is 35.5. The first-order chi connectivity index (χ1) is 70.7. The number of hydrogen-bond donors (Lipinski definition) is 5. The number of aromatic nitrogens is 26. The van der Waals surface area contributed by atoms with Gasteiger partial charge in [0.25, 0.3) is 0 Å². The molecule has 1 unspecified atom stereocenters. The predicted octanol–water partition coefficient (Wildman–Crippen LogP) is 8.62. The Bertz CT molecular complexity index is 6670. The van der Waals surface area contributed by atoms with Gasteiger partial charge in [0.15, 0.2) is 0 Å². The number of benzene rings is 4. The summed E-state index contributed by atoms with van der Waals surface area (Å²) in [4.78, 5) is 121. The molecule has 6 saturated heterocycles. The van der Waals surface area contributed by atoms with Gasteiger partial charge in [-0.1, -0.05) is 110 Å². The van der Waals surface area contributed by atoms with E-state index in [1.165, 1.54) is 35.5 Å². The number of morpholine rings is 1. The third-order valence-corrected chi connectivity index (χ3v) is 26.6. The van der Waals surface area contributed by atoms with Crippen LogP contribution in [0.5, 0.6) is 0 Å². The molecule has 17 heterocycles. The van der Waals surface area contributed by atoms with E-state index in [-0.39, 0.29) is 17.3 Å². The van der Waals surface area contributed by atoms with E-state index >= 15 is 0 Å². The van der Waals surface area contributed by atoms with Crippen LogP contribution in [0.2, 0.25) is 5.02 Å². The summed E-state index contributed by atoms with van der Waals surface area (Å²) in [7, 11) is 1.87. The van der Waals surface area contributed by atoms with Crippen molar-refractivity contribution >= 4 is 130 Å². The van der Waals surface area contributed by atoms with Crippen molar-refractivity contribution in [2.24, 2.45) is 5.41 Å². The first kappa shape index (κ1) is 99.3. The number of ether oxygens (including phenoxy) is 2. The maximum atomic E-state index is 12.2. The van der Waals surface area contributed by atoms with E-state index in [4.69, 9.17) is 26.8 Å². The molecule has 750 valence electrons. The number of carbonyl (C=O) groups excluding carboxylic acids is 1. The summed E-state index contributed by atoms with van der Waals surface area (Å²) in [5.74, 6) is 7.53. The Kier molecular flexibility index (Phi) is 32.7. The summed E-state index contributed by atoms with van der Waals surface area (Å²) in [6.07, 6.45) is 34.5. The lowest BCUT2D eigenvalue weighted by Gasteiger charge is -2.37. The zero-order chi connectivity index (χ0) is 99.7. The molecular formula is C98H117ClN41O4P. The average Bonchev–Trinajstić information content (AvgIpc) is 1.82. The van der Waals surface area contributed by atoms with Crippen molar-refractivity contribution in [3.05, 3.63) is 260 Å². The molecule has 6 aliphatic heterocycles. The number of aryl methyl sites for hydroxylation is 1. The highest BCUT2D eigenvalue weighted by molar-refractivity contribution is 7.70. The molecule has 0 saturated carbocycles. The summed E-state index contributed by atoms with van der Waals surface area (Å²) in [5, 5.41) is 27.3. The zero-order valence-corrected chi connectivity index (χ0v) is 83.2. The van der Waals surface area contributed by atoms with Crippen LogP contribution in [0.1, 0.15) is 46.7 Å². The fraction of sp³-hybridized carbons (Fsp3) is 0.367. The SMILES string of the molecule is CC1(Cn2cc(Nc3ncnc(N4CCN(c5ncc(Cc6ccccc6)cn5)CC4)n3)cn2)COC1.CN(C)CCCn1cc(Nc2ncnc(N3CCN(c4ncc(Cc5ccccc5)cn4)CC3)n2)cn1.CP(C)(=O)c1ccc(Nc2ncnc(N3CCN(c4ncc(Cc5ccccc5)cn4)CC3)n2)cc1.Nc1nc(N2CCN(c3ncnc(Nc4cnn(CC5CN(C=O)CCO5)c4)n3)CC2)ncc1Cl. The lowest BCUT2D eigenvalue weighted by atomic mass is 9.89. The third kappa shape index (κ3) is 28.1. The summed E-state index contributed by atoms with van der Waals surface area (Å²) in [6.45, 7) is 24.3. The quantitative estimate of drug-likeness (QED) is 0.0194. The van der Waals surface area contributed by atoms with Gasteiger partial charge in [0.2, 0.25) is 77.8 Å². The lowest BCUT2D eigenvalue weighted by molar-refractivity contribution is -0.126. The van der Waals surface area contributed by atoms with Crippen molar-refractivity contribution in [3.8, 4) is 0 Å². The number of nitrogens with one attached hydrogen (secondary N) is 4. The Hall–Kier alpha value is -15.9. The third-order valence-electron chi connectivity index (χ3n) is 24.8. The molecule has 4 aromatic carbocycles. The van der Waals surface area contributed by atoms with Crippen molar-refractivity contribution in [2.45, 2.75) is 58.3 Å². The number of halogens is 1. The molecule has 11 aromatic heterocycles. The summed E-state index contributed by atoms with van der Waals surface area (Å²) >= 11 is 5.92. The molecule has 47 heteroatoms. The molecule has 0 radical (unpaired) electrons. The summed E-state index contributed by atoms with van der Waals surface area (Å²) in [6, 6.07) is 38.6. The molecule has 15 aromatic rings. The normalized spacial score (nSPS) is 15.8. The van der Waals surface area contributed by atoms with Gasteiger partial charge in [0.05, 0.1) is 80.9 Å². The molecule has 6 fully saturated rings. The van der Waals surface area contributed by atoms with Gasteiger partial charge >= 0.3 is 0 Å². The van der Waals surface area contributed by atoms with Crippen molar-refractivity contribution in [2.75, 3.05) is 238 Å². The van der Waals surface area contributed by atoms with Gasteiger partial charge in [-0.15, -0.1) is 0 Å². The number of piperazine rings is 4. The van der Waals surface area contributed by atoms with Crippen molar-refractivity contribution in [1.29, 1.82) is 0 Å². The van der Waals surface area contributed by atoms with Crippen LogP contribution < -0.4 is 71.5 Å². The van der Waals surface area contributed by atoms with Gasteiger partial charge in [-0.2, -0.15) is 40.2 Å². The molecule has 0 aliphatic carbocycles. The highest BCUT2D eigenvalue weighted by Gasteiger charge is 2.35. The zero-order valence-electron chi connectivity index (χ0n) is 81.6. The molecular weight excluding hydrogens is 1880 g/mol. The first-order valence-corrected chi connectivity index (χ1v) is 51.2. The minimum absolute atomic E-state index is 0.0983.